The third-order valence-electron chi connectivity index (χ3n) is 5.89. The monoisotopic (exact) mass is 712 g/mol. The van der Waals surface area contributed by atoms with Crippen molar-refractivity contribution in [1.29, 1.82) is 0 Å². The first kappa shape index (κ1) is 45.9. The molecule has 0 aromatic heterocycles. The van der Waals surface area contributed by atoms with Gasteiger partial charge in [-0.2, -0.15) is 0 Å². The van der Waals surface area contributed by atoms with Crippen LogP contribution in [0.4, 0.5) is 0 Å². The second-order valence-electron chi connectivity index (χ2n) is 9.14. The summed E-state index contributed by atoms with van der Waals surface area (Å²) < 4.78 is 44.8. The molecule has 0 unspecified atom stereocenters. The summed E-state index contributed by atoms with van der Waals surface area (Å²) in [7, 11) is 0. The van der Waals surface area contributed by atoms with Crippen LogP contribution in [0.5, 0.6) is 0 Å². The quantitative estimate of drug-likeness (QED) is 0.183. The normalized spacial score (nSPS) is 21.2. The van der Waals surface area contributed by atoms with Gasteiger partial charge >= 0.3 is 0 Å². The molecule has 0 aliphatic carbocycles. The van der Waals surface area contributed by atoms with Gasteiger partial charge in [0.2, 0.25) is 0 Å². The Bertz CT molecular complexity index is 525. The maximum Gasteiger partial charge on any atom is 0.0993 e. The average Bonchev–Trinajstić information content (AvgIpc) is 2.97. The number of nitrogens with zero attached hydrogens (tertiary/aromatic N) is 2. The van der Waals surface area contributed by atoms with Crippen molar-refractivity contribution in [1.82, 2.24) is 9.80 Å². The van der Waals surface area contributed by atoms with Gasteiger partial charge in [0.25, 0.3) is 0 Å². The number of nitrogens with two attached hydrogens (primary N) is 2. The van der Waals surface area contributed by atoms with Crippen LogP contribution in [0.15, 0.2) is 0 Å². The summed E-state index contributed by atoms with van der Waals surface area (Å²) in [4.78, 5) is 3.80. The van der Waals surface area contributed by atoms with E-state index < -0.39 is 0 Å². The van der Waals surface area contributed by atoms with Crippen LogP contribution in [0.2, 0.25) is 0 Å². The first-order chi connectivity index (χ1) is 20.6. The third-order valence-corrected chi connectivity index (χ3v) is 6.92. The van der Waals surface area contributed by atoms with E-state index in [1.165, 1.54) is 0 Å². The van der Waals surface area contributed by atoms with Crippen LogP contribution in [-0.2, 0) is 63.2 Å². The number of hydrogen-bond acceptors (Lipinski definition) is 12. The number of thiocarbonyl (C=S) groups is 2. The van der Waals surface area contributed by atoms with Crippen LogP contribution < -0.4 is 10.6 Å². The van der Waals surface area contributed by atoms with Gasteiger partial charge in [0.15, 0.2) is 0 Å². The van der Waals surface area contributed by atoms with E-state index in [1.807, 2.05) is 9.80 Å². The summed E-state index contributed by atoms with van der Waals surface area (Å²) in [5, 5.41) is 4.42. The SMILES string of the molecule is C1COCCOCC[NH2+]CCOCCOCC[NH2+]1.O.O.S=C([S-])N1CCOCCOCCN(C(=S)[S-])CCOCCOCC1. The molecule has 8 N–H and O–H groups in total. The molecule has 0 bridgehead atoms. The summed E-state index contributed by atoms with van der Waals surface area (Å²) in [6, 6.07) is 0. The number of quaternary nitrogens is 2. The van der Waals surface area contributed by atoms with E-state index in [0.717, 1.165) is 52.6 Å². The molecule has 2 rings (SSSR count). The standard InChI is InChI=1S/C14H26N2O4S4.C12H26N2O4.2H2O/c21-13(22)15-1-5-17-9-10-19-7-3-16(14(23)24)4-8-20-12-11-18-6-2-15;1-5-15-9-10-17-7-3-14-4-8-18-12-11-16-6-2-13-1;;/h1-12H2,(H,21,22)(H,23,24);13-14H,1-12H2;2*1H2. The summed E-state index contributed by atoms with van der Waals surface area (Å²) in [6.45, 7) is 16.7. The summed E-state index contributed by atoms with van der Waals surface area (Å²) in [5.74, 6) is 0. The van der Waals surface area contributed by atoms with E-state index in [1.54, 1.807) is 0 Å². The van der Waals surface area contributed by atoms with Crippen molar-refractivity contribution in [2.75, 3.05) is 158 Å². The van der Waals surface area contributed by atoms with E-state index in [-0.39, 0.29) is 11.0 Å². The van der Waals surface area contributed by atoms with Crippen molar-refractivity contribution in [3.8, 4) is 0 Å². The van der Waals surface area contributed by atoms with Gasteiger partial charge in [-0.15, -0.1) is 0 Å². The molecule has 0 aromatic carbocycles. The number of ether oxygens (including phenoxy) is 8. The molecule has 2 saturated heterocycles. The lowest BCUT2D eigenvalue weighted by atomic mass is 10.5. The van der Waals surface area contributed by atoms with Crippen LogP contribution in [0.1, 0.15) is 0 Å². The molecule has 264 valence electrons. The van der Waals surface area contributed by atoms with Crippen LogP contribution >= 0.6 is 24.4 Å². The van der Waals surface area contributed by atoms with Gasteiger partial charge in [0, 0.05) is 26.2 Å². The average molecular weight is 713 g/mol. The van der Waals surface area contributed by atoms with Crippen LogP contribution in [0, 0.1) is 0 Å². The zero-order chi connectivity index (χ0) is 30.4. The Balaban J connectivity index is 0. The molecule has 2 aliphatic heterocycles. The van der Waals surface area contributed by atoms with Gasteiger partial charge in [-0.25, -0.2) is 0 Å². The fourth-order valence-corrected chi connectivity index (χ4v) is 4.26. The number of hydrogen-bond donors (Lipinski definition) is 2. The van der Waals surface area contributed by atoms with Crippen molar-refractivity contribution >= 4 is 58.3 Å². The predicted molar refractivity (Wildman–Crippen MR) is 180 cm³/mol. The van der Waals surface area contributed by atoms with Gasteiger partial charge in [-0.1, -0.05) is 8.64 Å². The Kier molecular flexibility index (Phi) is 37.1. The van der Waals surface area contributed by atoms with E-state index in [2.05, 4.69) is 10.6 Å². The molecule has 0 saturated carbocycles. The molecule has 0 aromatic rings. The maximum atomic E-state index is 5.54. The van der Waals surface area contributed by atoms with E-state index >= 15 is 0 Å². The fourth-order valence-electron chi connectivity index (χ4n) is 3.53. The van der Waals surface area contributed by atoms with E-state index in [9.17, 15) is 0 Å². The Morgan fingerprint density at radius 2 is 0.591 bits per heavy atom. The zero-order valence-corrected chi connectivity index (χ0v) is 29.2. The van der Waals surface area contributed by atoms with E-state index in [4.69, 9.17) is 87.6 Å². The van der Waals surface area contributed by atoms with Crippen molar-refractivity contribution < 1.29 is 59.5 Å². The molecule has 2 fully saturated rings. The molecular formula is C26H56N4O10S4. The van der Waals surface area contributed by atoms with Crippen LogP contribution in [-0.4, -0.2) is 187 Å². The van der Waals surface area contributed by atoms with Crippen molar-refractivity contribution in [2.45, 2.75) is 0 Å². The molecule has 0 atom stereocenters. The van der Waals surface area contributed by atoms with Gasteiger partial charge in [-0.3, -0.25) is 0 Å². The summed E-state index contributed by atoms with van der Waals surface area (Å²) in [5.41, 5.74) is 0. The van der Waals surface area contributed by atoms with Gasteiger partial charge in [0.1, 0.15) is 0 Å². The highest BCUT2D eigenvalue weighted by atomic mass is 32.1. The second-order valence-corrected chi connectivity index (χ2v) is 11.2. The molecule has 44 heavy (non-hydrogen) atoms. The Morgan fingerprint density at radius 3 is 0.795 bits per heavy atom. The Hall–Kier alpha value is -0.260. The lowest BCUT2D eigenvalue weighted by Crippen LogP contribution is -2.86. The summed E-state index contributed by atoms with van der Waals surface area (Å²) >= 11 is 20.3. The minimum atomic E-state index is 0. The highest BCUT2D eigenvalue weighted by Crippen LogP contribution is 1.96. The van der Waals surface area contributed by atoms with Crippen molar-refractivity contribution in [3.63, 3.8) is 0 Å². The molecular weight excluding hydrogens is 657 g/mol. The summed E-state index contributed by atoms with van der Waals surface area (Å²) in [6.07, 6.45) is 0. The molecule has 0 radical (unpaired) electrons. The molecule has 18 heteroatoms. The highest BCUT2D eigenvalue weighted by molar-refractivity contribution is 8.00. The van der Waals surface area contributed by atoms with Crippen molar-refractivity contribution in [2.24, 2.45) is 0 Å². The molecule has 14 nitrogen and oxygen atoms in total. The first-order valence-corrected chi connectivity index (χ1v) is 16.4. The van der Waals surface area contributed by atoms with E-state index in [0.29, 0.717) is 114 Å². The zero-order valence-electron chi connectivity index (χ0n) is 25.9. The smallest absolute Gasteiger partial charge is 0.0993 e. The lowest BCUT2D eigenvalue weighted by molar-refractivity contribution is -0.659. The van der Waals surface area contributed by atoms with Crippen LogP contribution in [0.25, 0.3) is 0 Å². The Labute approximate surface area is 284 Å². The number of rotatable bonds is 0. The third kappa shape index (κ3) is 30.4. The first-order valence-electron chi connectivity index (χ1n) is 14.8. The second kappa shape index (κ2) is 35.6. The predicted octanol–water partition coefficient (Wildman–Crippen LogP) is -4.12. The molecule has 2 aliphatic rings. The maximum absolute atomic E-state index is 5.54. The van der Waals surface area contributed by atoms with Gasteiger partial charge in [0.05, 0.1) is 132 Å². The minimum absolute atomic E-state index is 0. The molecule has 0 spiro atoms. The lowest BCUT2D eigenvalue weighted by Gasteiger charge is -2.29. The van der Waals surface area contributed by atoms with Gasteiger partial charge in [-0.05, 0) is 0 Å². The van der Waals surface area contributed by atoms with Gasteiger partial charge < -0.3 is 119 Å². The highest BCUT2D eigenvalue weighted by Gasteiger charge is 2.04. The fraction of sp³-hybridized carbons (Fsp3) is 0.923. The van der Waals surface area contributed by atoms with Crippen molar-refractivity contribution in [3.05, 3.63) is 0 Å². The largest absolute Gasteiger partial charge is 0.412 e. The molecule has 2 heterocycles. The molecule has 0 amide bonds. The Morgan fingerprint density at radius 1 is 0.386 bits per heavy atom. The van der Waals surface area contributed by atoms with Crippen LogP contribution in [0.3, 0.4) is 0 Å². The topological polar surface area (TPSA) is 177 Å². The minimum Gasteiger partial charge on any atom is -0.412 e.